The molecule has 5 nitrogen and oxygen atoms in total. The molecule has 2 N–H and O–H groups in total. The molecule has 1 saturated heterocycles. The Morgan fingerprint density at radius 3 is 3.10 bits per heavy atom. The number of carbonyl (C=O) groups is 1. The first-order chi connectivity index (χ1) is 9.65. The second-order valence-electron chi connectivity index (χ2n) is 5.63. The van der Waals surface area contributed by atoms with Gasteiger partial charge in [0.2, 0.25) is 0 Å². The van der Waals surface area contributed by atoms with Gasteiger partial charge >= 0.3 is 6.03 Å². The van der Waals surface area contributed by atoms with Crippen molar-refractivity contribution >= 4 is 6.03 Å². The van der Waals surface area contributed by atoms with E-state index in [0.29, 0.717) is 12.5 Å². The number of ether oxygens (including phenoxy) is 1. The highest BCUT2D eigenvalue weighted by molar-refractivity contribution is 5.74. The SMILES string of the molecule is C[C@H](CCc1cccn1C)NC(=O)NC[C@@H]1CCOC1. The van der Waals surface area contributed by atoms with Gasteiger partial charge in [-0.25, -0.2) is 4.79 Å². The molecule has 5 heteroatoms. The summed E-state index contributed by atoms with van der Waals surface area (Å²) in [4.78, 5) is 11.8. The van der Waals surface area contributed by atoms with E-state index in [2.05, 4.69) is 21.3 Å². The maximum absolute atomic E-state index is 11.8. The largest absolute Gasteiger partial charge is 0.381 e. The standard InChI is InChI=1S/C15H25N3O2/c1-12(5-6-14-4-3-8-18(14)2)17-15(19)16-10-13-7-9-20-11-13/h3-4,8,12-13H,5-7,9-11H2,1-2H3,(H2,16,17,19)/t12-,13+/m1/s1. The molecular formula is C15H25N3O2. The number of amides is 2. The number of aryl methyl sites for hydroxylation is 2. The Hall–Kier alpha value is -1.49. The normalized spacial score (nSPS) is 19.8. The first kappa shape index (κ1) is 14.9. The summed E-state index contributed by atoms with van der Waals surface area (Å²) < 4.78 is 7.41. The van der Waals surface area contributed by atoms with Crippen LogP contribution >= 0.6 is 0 Å². The molecule has 0 bridgehead atoms. The topological polar surface area (TPSA) is 55.3 Å². The molecule has 0 aromatic carbocycles. The van der Waals surface area contributed by atoms with Gasteiger partial charge in [-0.2, -0.15) is 0 Å². The minimum atomic E-state index is -0.0729. The highest BCUT2D eigenvalue weighted by atomic mass is 16.5. The Balaban J connectivity index is 1.62. The van der Waals surface area contributed by atoms with Gasteiger partial charge in [0.15, 0.2) is 0 Å². The molecule has 0 spiro atoms. The van der Waals surface area contributed by atoms with Gasteiger partial charge in [0.05, 0.1) is 6.61 Å². The van der Waals surface area contributed by atoms with Crippen molar-refractivity contribution in [1.29, 1.82) is 0 Å². The van der Waals surface area contributed by atoms with Crippen molar-refractivity contribution in [3.63, 3.8) is 0 Å². The van der Waals surface area contributed by atoms with Crippen LogP contribution < -0.4 is 10.6 Å². The van der Waals surface area contributed by atoms with Crippen LogP contribution in [-0.2, 0) is 18.2 Å². The third-order valence-electron chi connectivity index (χ3n) is 3.84. The summed E-state index contributed by atoms with van der Waals surface area (Å²) in [6, 6.07) is 4.26. The summed E-state index contributed by atoms with van der Waals surface area (Å²) in [6.45, 7) is 4.34. The molecular weight excluding hydrogens is 254 g/mol. The van der Waals surface area contributed by atoms with E-state index in [-0.39, 0.29) is 12.1 Å². The third-order valence-corrected chi connectivity index (χ3v) is 3.84. The van der Waals surface area contributed by atoms with Crippen molar-refractivity contribution in [3.8, 4) is 0 Å². The first-order valence-electron chi connectivity index (χ1n) is 7.37. The van der Waals surface area contributed by atoms with Crippen LogP contribution in [0.5, 0.6) is 0 Å². The van der Waals surface area contributed by atoms with Gasteiger partial charge in [-0.05, 0) is 38.3 Å². The molecule has 1 aromatic rings. The van der Waals surface area contributed by atoms with Gasteiger partial charge in [-0.1, -0.05) is 0 Å². The van der Waals surface area contributed by atoms with Crippen LogP contribution in [0.25, 0.3) is 0 Å². The third kappa shape index (κ3) is 4.56. The average molecular weight is 279 g/mol. The monoisotopic (exact) mass is 279 g/mol. The lowest BCUT2D eigenvalue weighted by Crippen LogP contribution is -2.42. The summed E-state index contributed by atoms with van der Waals surface area (Å²) in [5, 5.41) is 5.91. The number of nitrogens with zero attached hydrogens (tertiary/aromatic N) is 1. The molecule has 20 heavy (non-hydrogen) atoms. The lowest BCUT2D eigenvalue weighted by Gasteiger charge is -2.16. The second kappa shape index (κ2) is 7.33. The van der Waals surface area contributed by atoms with E-state index in [0.717, 1.165) is 32.5 Å². The number of hydrogen-bond acceptors (Lipinski definition) is 2. The van der Waals surface area contributed by atoms with Gasteiger partial charge < -0.3 is 19.9 Å². The van der Waals surface area contributed by atoms with Crippen LogP contribution in [0, 0.1) is 5.92 Å². The molecule has 2 amide bonds. The average Bonchev–Trinajstić information content (AvgIpc) is 3.05. The zero-order chi connectivity index (χ0) is 14.4. The predicted molar refractivity (Wildman–Crippen MR) is 78.7 cm³/mol. The van der Waals surface area contributed by atoms with E-state index >= 15 is 0 Å². The number of carbonyl (C=O) groups excluding carboxylic acids is 1. The molecule has 2 atom stereocenters. The Labute approximate surface area is 120 Å². The molecule has 1 fully saturated rings. The van der Waals surface area contributed by atoms with Crippen molar-refractivity contribution in [1.82, 2.24) is 15.2 Å². The van der Waals surface area contributed by atoms with Crippen LogP contribution in [0.1, 0.15) is 25.5 Å². The highest BCUT2D eigenvalue weighted by Gasteiger charge is 2.16. The maximum atomic E-state index is 11.8. The Morgan fingerprint density at radius 1 is 1.60 bits per heavy atom. The molecule has 0 aliphatic carbocycles. The fraction of sp³-hybridized carbons (Fsp3) is 0.667. The Kier molecular flexibility index (Phi) is 5.47. The first-order valence-corrected chi connectivity index (χ1v) is 7.37. The van der Waals surface area contributed by atoms with Gasteiger partial charge in [0, 0.05) is 44.0 Å². The number of urea groups is 1. The smallest absolute Gasteiger partial charge is 0.315 e. The lowest BCUT2D eigenvalue weighted by atomic mass is 10.1. The van der Waals surface area contributed by atoms with E-state index in [9.17, 15) is 4.79 Å². The van der Waals surface area contributed by atoms with Gasteiger partial charge in [0.25, 0.3) is 0 Å². The molecule has 2 heterocycles. The highest BCUT2D eigenvalue weighted by Crippen LogP contribution is 2.10. The van der Waals surface area contributed by atoms with E-state index in [1.165, 1.54) is 5.69 Å². The maximum Gasteiger partial charge on any atom is 0.315 e. The van der Waals surface area contributed by atoms with Gasteiger partial charge in [-0.15, -0.1) is 0 Å². The van der Waals surface area contributed by atoms with E-state index in [4.69, 9.17) is 4.74 Å². The zero-order valence-electron chi connectivity index (χ0n) is 12.4. The molecule has 0 saturated carbocycles. The lowest BCUT2D eigenvalue weighted by molar-refractivity contribution is 0.185. The molecule has 1 aliphatic rings. The van der Waals surface area contributed by atoms with E-state index in [1.54, 1.807) is 0 Å². The summed E-state index contributed by atoms with van der Waals surface area (Å²) in [5.74, 6) is 0.472. The molecule has 112 valence electrons. The summed E-state index contributed by atoms with van der Waals surface area (Å²) in [6.07, 6.45) is 5.01. The molecule has 0 radical (unpaired) electrons. The Bertz CT molecular complexity index is 425. The van der Waals surface area contributed by atoms with Crippen LogP contribution in [0.4, 0.5) is 4.79 Å². The molecule has 1 aromatic heterocycles. The fourth-order valence-corrected chi connectivity index (χ4v) is 2.45. The number of rotatable bonds is 6. The zero-order valence-corrected chi connectivity index (χ0v) is 12.4. The molecule has 0 unspecified atom stereocenters. The van der Waals surface area contributed by atoms with E-state index < -0.39 is 0 Å². The van der Waals surface area contributed by atoms with Crippen LogP contribution in [0.3, 0.4) is 0 Å². The van der Waals surface area contributed by atoms with Crippen molar-refractivity contribution in [3.05, 3.63) is 24.0 Å². The van der Waals surface area contributed by atoms with Crippen LogP contribution in [-0.4, -0.2) is 36.4 Å². The Morgan fingerprint density at radius 2 is 2.45 bits per heavy atom. The molecule has 1 aliphatic heterocycles. The second-order valence-corrected chi connectivity index (χ2v) is 5.63. The van der Waals surface area contributed by atoms with Crippen molar-refractivity contribution in [2.24, 2.45) is 13.0 Å². The van der Waals surface area contributed by atoms with Gasteiger partial charge in [-0.3, -0.25) is 0 Å². The minimum Gasteiger partial charge on any atom is -0.381 e. The van der Waals surface area contributed by atoms with Crippen LogP contribution in [0.15, 0.2) is 18.3 Å². The van der Waals surface area contributed by atoms with Crippen LogP contribution in [0.2, 0.25) is 0 Å². The minimum absolute atomic E-state index is 0.0729. The van der Waals surface area contributed by atoms with Crippen molar-refractivity contribution in [2.45, 2.75) is 32.2 Å². The summed E-state index contributed by atoms with van der Waals surface area (Å²) in [5.41, 5.74) is 1.29. The number of aromatic nitrogens is 1. The van der Waals surface area contributed by atoms with Crippen molar-refractivity contribution in [2.75, 3.05) is 19.8 Å². The van der Waals surface area contributed by atoms with Gasteiger partial charge in [0.1, 0.15) is 0 Å². The fourth-order valence-electron chi connectivity index (χ4n) is 2.45. The number of nitrogens with one attached hydrogen (secondary N) is 2. The predicted octanol–water partition coefficient (Wildman–Crippen LogP) is 1.68. The van der Waals surface area contributed by atoms with E-state index in [1.807, 2.05) is 26.2 Å². The summed E-state index contributed by atoms with van der Waals surface area (Å²) >= 11 is 0. The summed E-state index contributed by atoms with van der Waals surface area (Å²) in [7, 11) is 2.05. The quantitative estimate of drug-likeness (QED) is 0.832. The van der Waals surface area contributed by atoms with Crippen molar-refractivity contribution < 1.29 is 9.53 Å². The number of hydrogen-bond donors (Lipinski definition) is 2. The molecule has 2 rings (SSSR count).